The molecule has 1 amide bonds. The monoisotopic (exact) mass is 520 g/mol. The Kier molecular flexibility index (Phi) is 6.00. The molecule has 2 aromatic heterocycles. The van der Waals surface area contributed by atoms with Crippen molar-refractivity contribution in [3.8, 4) is 28.6 Å². The molecule has 4 aromatic rings. The lowest BCUT2D eigenvalue weighted by Gasteiger charge is -2.39. The van der Waals surface area contributed by atoms with Crippen molar-refractivity contribution in [2.24, 2.45) is 0 Å². The van der Waals surface area contributed by atoms with E-state index >= 15 is 0 Å². The van der Waals surface area contributed by atoms with E-state index in [-0.39, 0.29) is 39.5 Å². The van der Waals surface area contributed by atoms with Crippen LogP contribution in [0.5, 0.6) is 11.5 Å². The molecule has 1 aliphatic rings. The molecule has 2 aromatic carbocycles. The van der Waals surface area contributed by atoms with Gasteiger partial charge in [0, 0.05) is 6.54 Å². The van der Waals surface area contributed by atoms with Crippen LogP contribution in [0.25, 0.3) is 17.1 Å². The van der Waals surface area contributed by atoms with Gasteiger partial charge in [-0.3, -0.25) is 4.79 Å². The molecule has 0 aliphatic carbocycles. The molecule has 3 heterocycles. The predicted octanol–water partition coefficient (Wildman–Crippen LogP) is 4.47. The minimum atomic E-state index is -4.89. The van der Waals surface area contributed by atoms with Crippen LogP contribution in [0.2, 0.25) is 5.02 Å². The SMILES string of the molecule is COc1cc(C(=O)N2CCC2c2noc(-c3ccccc3OC(F)(F)F)n2)c(-n2nccn2)cc1Cl. The van der Waals surface area contributed by atoms with Crippen molar-refractivity contribution >= 4 is 17.5 Å². The second-order valence-electron chi connectivity index (χ2n) is 7.63. The van der Waals surface area contributed by atoms with E-state index in [0.29, 0.717) is 18.7 Å². The van der Waals surface area contributed by atoms with Crippen molar-refractivity contribution in [1.29, 1.82) is 0 Å². The number of para-hydroxylation sites is 1. The maximum atomic E-state index is 13.5. The molecule has 14 heteroatoms. The Bertz CT molecular complexity index is 1410. The summed E-state index contributed by atoms with van der Waals surface area (Å²) in [4.78, 5) is 20.5. The van der Waals surface area contributed by atoms with Gasteiger partial charge in [-0.1, -0.05) is 28.9 Å². The van der Waals surface area contributed by atoms with E-state index in [2.05, 4.69) is 25.1 Å². The van der Waals surface area contributed by atoms with Crippen LogP contribution in [0.3, 0.4) is 0 Å². The van der Waals surface area contributed by atoms with Gasteiger partial charge in [0.05, 0.1) is 41.7 Å². The first-order valence-corrected chi connectivity index (χ1v) is 10.9. The van der Waals surface area contributed by atoms with E-state index in [0.717, 1.165) is 6.07 Å². The molecule has 10 nitrogen and oxygen atoms in total. The minimum Gasteiger partial charge on any atom is -0.495 e. The normalized spacial score (nSPS) is 15.5. The van der Waals surface area contributed by atoms with E-state index in [1.165, 1.54) is 59.5 Å². The van der Waals surface area contributed by atoms with Crippen LogP contribution in [0.4, 0.5) is 13.2 Å². The van der Waals surface area contributed by atoms with E-state index in [1.54, 1.807) is 0 Å². The number of rotatable bonds is 6. The topological polar surface area (TPSA) is 108 Å². The zero-order valence-corrected chi connectivity index (χ0v) is 19.2. The average Bonchev–Trinajstić information content (AvgIpc) is 3.50. The van der Waals surface area contributed by atoms with Gasteiger partial charge in [0.25, 0.3) is 11.8 Å². The van der Waals surface area contributed by atoms with Crippen molar-refractivity contribution < 1.29 is 32.0 Å². The molecule has 1 aliphatic heterocycles. The van der Waals surface area contributed by atoms with E-state index in [4.69, 9.17) is 20.9 Å². The van der Waals surface area contributed by atoms with Crippen molar-refractivity contribution in [3.05, 3.63) is 65.2 Å². The van der Waals surface area contributed by atoms with Crippen LogP contribution < -0.4 is 9.47 Å². The Hall–Kier alpha value is -4.13. The van der Waals surface area contributed by atoms with Crippen LogP contribution in [0.1, 0.15) is 28.6 Å². The van der Waals surface area contributed by atoms with Gasteiger partial charge in [-0.05, 0) is 30.7 Å². The van der Waals surface area contributed by atoms with Gasteiger partial charge < -0.3 is 18.9 Å². The van der Waals surface area contributed by atoms with Gasteiger partial charge in [0.15, 0.2) is 5.82 Å². The van der Waals surface area contributed by atoms with Crippen LogP contribution in [0.15, 0.2) is 53.3 Å². The zero-order valence-electron chi connectivity index (χ0n) is 18.4. The Balaban J connectivity index is 1.44. The smallest absolute Gasteiger partial charge is 0.495 e. The third kappa shape index (κ3) is 4.44. The Labute approximate surface area is 206 Å². The fourth-order valence-corrected chi connectivity index (χ4v) is 4.00. The molecule has 0 spiro atoms. The highest BCUT2D eigenvalue weighted by molar-refractivity contribution is 6.32. The van der Waals surface area contributed by atoms with Gasteiger partial charge in [0.2, 0.25) is 0 Å². The molecule has 0 radical (unpaired) electrons. The van der Waals surface area contributed by atoms with Gasteiger partial charge in [-0.2, -0.15) is 20.0 Å². The summed E-state index contributed by atoms with van der Waals surface area (Å²) in [5.74, 6) is -0.604. The molecule has 0 bridgehead atoms. The second-order valence-corrected chi connectivity index (χ2v) is 8.03. The third-order valence-corrected chi connectivity index (χ3v) is 5.79. The average molecular weight is 521 g/mol. The summed E-state index contributed by atoms with van der Waals surface area (Å²) in [5, 5.41) is 12.3. The van der Waals surface area contributed by atoms with Crippen molar-refractivity contribution in [2.45, 2.75) is 18.8 Å². The van der Waals surface area contributed by atoms with Crippen molar-refractivity contribution in [2.75, 3.05) is 13.7 Å². The van der Waals surface area contributed by atoms with Crippen LogP contribution in [-0.2, 0) is 0 Å². The number of carbonyl (C=O) groups is 1. The third-order valence-electron chi connectivity index (χ3n) is 5.50. The van der Waals surface area contributed by atoms with Crippen molar-refractivity contribution in [1.82, 2.24) is 30.0 Å². The number of hydrogen-bond acceptors (Lipinski definition) is 8. The number of hydrogen-bond donors (Lipinski definition) is 0. The number of carbonyl (C=O) groups excluding carboxylic acids is 1. The maximum Gasteiger partial charge on any atom is 0.573 e. The van der Waals surface area contributed by atoms with Gasteiger partial charge in [-0.15, -0.1) is 13.2 Å². The Morgan fingerprint density at radius 1 is 1.17 bits per heavy atom. The Morgan fingerprint density at radius 3 is 2.58 bits per heavy atom. The number of likely N-dealkylation sites (tertiary alicyclic amines) is 1. The number of benzene rings is 2. The summed E-state index contributed by atoms with van der Waals surface area (Å²) in [6.45, 7) is 0.387. The lowest BCUT2D eigenvalue weighted by Crippen LogP contribution is -2.45. The molecule has 0 saturated carbocycles. The molecule has 36 heavy (non-hydrogen) atoms. The standard InChI is InChI=1S/C22H16ClF3N6O4/c1-34-18-10-13(16(11-14(18)23)32-27-7-8-28-32)21(33)31-9-6-15(31)19-29-20(36-30-19)12-4-2-3-5-17(12)35-22(24,25)26/h2-5,7-8,10-11,15H,6,9H2,1H3. The first-order valence-electron chi connectivity index (χ1n) is 10.5. The van der Waals surface area contributed by atoms with Gasteiger partial charge in [0.1, 0.15) is 17.2 Å². The highest BCUT2D eigenvalue weighted by atomic mass is 35.5. The fourth-order valence-electron chi connectivity index (χ4n) is 3.77. The van der Waals surface area contributed by atoms with Gasteiger partial charge >= 0.3 is 6.36 Å². The van der Waals surface area contributed by atoms with E-state index < -0.39 is 18.2 Å². The summed E-state index contributed by atoms with van der Waals surface area (Å²) in [6.07, 6.45) is -1.46. The van der Waals surface area contributed by atoms with E-state index in [1.807, 2.05) is 0 Å². The number of amides is 1. The summed E-state index contributed by atoms with van der Waals surface area (Å²) in [6, 6.07) is 7.86. The number of ether oxygens (including phenoxy) is 2. The zero-order chi connectivity index (χ0) is 25.4. The van der Waals surface area contributed by atoms with Gasteiger partial charge in [-0.25, -0.2) is 0 Å². The summed E-state index contributed by atoms with van der Waals surface area (Å²) >= 11 is 6.26. The summed E-state index contributed by atoms with van der Waals surface area (Å²) < 4.78 is 52.9. The molecular weight excluding hydrogens is 505 g/mol. The quantitative estimate of drug-likeness (QED) is 0.366. The summed E-state index contributed by atoms with van der Waals surface area (Å²) in [7, 11) is 1.43. The molecule has 1 atom stereocenters. The van der Waals surface area contributed by atoms with Crippen LogP contribution in [0, 0.1) is 0 Å². The fraction of sp³-hybridized carbons (Fsp3) is 0.227. The number of halogens is 4. The molecular formula is C22H16ClF3N6O4. The predicted molar refractivity (Wildman–Crippen MR) is 118 cm³/mol. The lowest BCUT2D eigenvalue weighted by atomic mass is 9.99. The van der Waals surface area contributed by atoms with E-state index in [9.17, 15) is 18.0 Å². The number of methoxy groups -OCH3 is 1. The largest absolute Gasteiger partial charge is 0.573 e. The second kappa shape index (κ2) is 9.15. The van der Waals surface area contributed by atoms with Crippen LogP contribution in [-0.4, -0.2) is 56.0 Å². The number of nitrogens with zero attached hydrogens (tertiary/aromatic N) is 6. The summed E-state index contributed by atoms with van der Waals surface area (Å²) in [5.41, 5.74) is 0.540. The highest BCUT2D eigenvalue weighted by Crippen LogP contribution is 2.38. The Morgan fingerprint density at radius 2 is 1.92 bits per heavy atom. The highest BCUT2D eigenvalue weighted by Gasteiger charge is 2.39. The van der Waals surface area contributed by atoms with Crippen LogP contribution >= 0.6 is 11.6 Å². The molecule has 1 saturated heterocycles. The molecule has 5 rings (SSSR count). The number of alkyl halides is 3. The molecule has 186 valence electrons. The molecule has 1 fully saturated rings. The maximum absolute atomic E-state index is 13.5. The molecule has 0 N–H and O–H groups in total. The van der Waals surface area contributed by atoms with Crippen molar-refractivity contribution in [3.63, 3.8) is 0 Å². The minimum absolute atomic E-state index is 0.0275. The lowest BCUT2D eigenvalue weighted by molar-refractivity contribution is -0.274. The first kappa shape index (κ1) is 23.6. The first-order chi connectivity index (χ1) is 17.2. The molecule has 1 unspecified atom stereocenters. The number of aromatic nitrogens is 5.